The van der Waals surface area contributed by atoms with E-state index < -0.39 is 0 Å². The van der Waals surface area contributed by atoms with Crippen LogP contribution in [0.3, 0.4) is 0 Å². The number of nitrogens with one attached hydrogen (secondary N) is 1. The molecule has 110 valence electrons. The van der Waals surface area contributed by atoms with E-state index in [1.54, 1.807) is 0 Å². The van der Waals surface area contributed by atoms with Crippen LogP contribution in [0.25, 0.3) is 0 Å². The lowest BCUT2D eigenvalue weighted by Crippen LogP contribution is -2.42. The number of carbonyl (C=O) groups is 2. The maximum absolute atomic E-state index is 12.5. The fourth-order valence-corrected chi connectivity index (χ4v) is 3.18. The highest BCUT2D eigenvalue weighted by Gasteiger charge is 2.41. The van der Waals surface area contributed by atoms with E-state index in [-0.39, 0.29) is 28.6 Å². The molecular formula is C16H17ClN2O2. The first-order valence-corrected chi connectivity index (χ1v) is 7.66. The van der Waals surface area contributed by atoms with Crippen LogP contribution in [0.15, 0.2) is 41.1 Å². The Morgan fingerprint density at radius 1 is 1.00 bits per heavy atom. The fourth-order valence-electron chi connectivity index (χ4n) is 2.96. The summed E-state index contributed by atoms with van der Waals surface area (Å²) in [5.74, 6) is -0.673. The third-order valence-corrected chi connectivity index (χ3v) is 4.39. The Labute approximate surface area is 128 Å². The van der Waals surface area contributed by atoms with Gasteiger partial charge < -0.3 is 5.32 Å². The van der Waals surface area contributed by atoms with Gasteiger partial charge in [-0.05, 0) is 25.0 Å². The molecule has 1 aromatic carbocycles. The predicted octanol–water partition coefficient (Wildman–Crippen LogP) is 3.25. The second-order valence-corrected chi connectivity index (χ2v) is 5.83. The Hall–Kier alpha value is -1.81. The topological polar surface area (TPSA) is 49.4 Å². The number of hydrogen-bond acceptors (Lipinski definition) is 3. The van der Waals surface area contributed by atoms with Crippen LogP contribution in [0.4, 0.5) is 5.69 Å². The number of amides is 2. The summed E-state index contributed by atoms with van der Waals surface area (Å²) in [6, 6.07) is 9.25. The van der Waals surface area contributed by atoms with E-state index in [0.29, 0.717) is 0 Å². The zero-order chi connectivity index (χ0) is 14.8. The molecule has 5 heteroatoms. The van der Waals surface area contributed by atoms with Gasteiger partial charge in [-0.3, -0.25) is 14.5 Å². The monoisotopic (exact) mass is 304 g/mol. The molecule has 1 N–H and O–H groups in total. The van der Waals surface area contributed by atoms with Crippen molar-refractivity contribution in [2.45, 2.75) is 38.1 Å². The fraction of sp³-hybridized carbons (Fsp3) is 0.375. The van der Waals surface area contributed by atoms with Crippen LogP contribution in [-0.2, 0) is 9.59 Å². The normalized spacial score (nSPS) is 20.3. The molecule has 3 rings (SSSR count). The summed E-state index contributed by atoms with van der Waals surface area (Å²) in [7, 11) is 0. The molecular weight excluding hydrogens is 288 g/mol. The lowest BCUT2D eigenvalue weighted by atomic mass is 9.94. The van der Waals surface area contributed by atoms with E-state index in [1.165, 1.54) is 11.3 Å². The van der Waals surface area contributed by atoms with Crippen molar-refractivity contribution in [2.24, 2.45) is 0 Å². The molecule has 0 radical (unpaired) electrons. The maximum Gasteiger partial charge on any atom is 0.279 e. The first-order valence-electron chi connectivity index (χ1n) is 7.28. The number of nitrogens with zero attached hydrogens (tertiary/aromatic N) is 1. The summed E-state index contributed by atoms with van der Waals surface area (Å²) in [5.41, 5.74) is 0.940. The minimum atomic E-state index is -0.369. The first-order chi connectivity index (χ1) is 10.2. The highest BCUT2D eigenvalue weighted by Crippen LogP contribution is 2.32. The molecule has 1 heterocycles. The molecule has 1 aliphatic heterocycles. The molecule has 0 unspecified atom stereocenters. The zero-order valence-electron chi connectivity index (χ0n) is 11.6. The third kappa shape index (κ3) is 2.68. The van der Waals surface area contributed by atoms with Gasteiger partial charge in [-0.1, -0.05) is 49.1 Å². The number of halogens is 1. The Balaban J connectivity index is 1.81. The third-order valence-electron chi connectivity index (χ3n) is 4.04. The van der Waals surface area contributed by atoms with Crippen LogP contribution in [0.1, 0.15) is 32.1 Å². The van der Waals surface area contributed by atoms with Gasteiger partial charge in [-0.25, -0.2) is 0 Å². The van der Waals surface area contributed by atoms with Gasteiger partial charge in [0.15, 0.2) is 0 Å². The lowest BCUT2D eigenvalue weighted by molar-refractivity contribution is -0.140. The number of imide groups is 1. The average molecular weight is 305 g/mol. The van der Waals surface area contributed by atoms with E-state index in [1.807, 2.05) is 30.3 Å². The minimum Gasteiger partial charge on any atom is -0.350 e. The second kappa shape index (κ2) is 5.90. The summed E-state index contributed by atoms with van der Waals surface area (Å²) in [5, 5.41) is 2.97. The number of hydrogen-bond donors (Lipinski definition) is 1. The van der Waals surface area contributed by atoms with Crippen LogP contribution in [0, 0.1) is 0 Å². The number of benzene rings is 1. The molecule has 21 heavy (non-hydrogen) atoms. The van der Waals surface area contributed by atoms with Crippen molar-refractivity contribution in [1.29, 1.82) is 0 Å². The molecule has 1 aromatic rings. The molecule has 1 saturated carbocycles. The van der Waals surface area contributed by atoms with Crippen molar-refractivity contribution in [3.63, 3.8) is 0 Å². The Kier molecular flexibility index (Phi) is 3.97. The number of carbonyl (C=O) groups excluding carboxylic acids is 2. The Morgan fingerprint density at radius 3 is 2.33 bits per heavy atom. The van der Waals surface area contributed by atoms with Gasteiger partial charge in [0.25, 0.3) is 11.8 Å². The minimum absolute atomic E-state index is 0.00516. The van der Waals surface area contributed by atoms with Crippen molar-refractivity contribution in [3.05, 3.63) is 41.1 Å². The highest BCUT2D eigenvalue weighted by atomic mass is 35.5. The van der Waals surface area contributed by atoms with Crippen LogP contribution in [0.5, 0.6) is 0 Å². The Morgan fingerprint density at radius 2 is 1.67 bits per heavy atom. The van der Waals surface area contributed by atoms with Crippen molar-refractivity contribution in [3.8, 4) is 0 Å². The maximum atomic E-state index is 12.5. The number of para-hydroxylation sites is 1. The number of rotatable bonds is 3. The van der Waals surface area contributed by atoms with Gasteiger partial charge >= 0.3 is 0 Å². The van der Waals surface area contributed by atoms with Gasteiger partial charge in [0.05, 0.1) is 0 Å². The summed E-state index contributed by atoms with van der Waals surface area (Å²) >= 11 is 6.09. The molecule has 1 aliphatic carbocycles. The molecule has 0 spiro atoms. The van der Waals surface area contributed by atoms with Gasteiger partial charge in [0.1, 0.15) is 10.7 Å². The molecule has 0 atom stereocenters. The number of anilines is 1. The highest BCUT2D eigenvalue weighted by molar-refractivity contribution is 6.48. The first kappa shape index (κ1) is 14.1. The lowest BCUT2D eigenvalue weighted by Gasteiger charge is -2.29. The summed E-state index contributed by atoms with van der Waals surface area (Å²) in [6.07, 6.45) is 5.03. The quantitative estimate of drug-likeness (QED) is 0.872. The summed E-state index contributed by atoms with van der Waals surface area (Å²) in [6.45, 7) is 0. The van der Waals surface area contributed by atoms with E-state index in [4.69, 9.17) is 11.6 Å². The molecule has 2 aliphatic rings. The molecule has 0 aromatic heterocycles. The smallest absolute Gasteiger partial charge is 0.279 e. The predicted molar refractivity (Wildman–Crippen MR) is 81.7 cm³/mol. The van der Waals surface area contributed by atoms with E-state index in [0.717, 1.165) is 31.4 Å². The summed E-state index contributed by atoms with van der Waals surface area (Å²) < 4.78 is 0. The van der Waals surface area contributed by atoms with E-state index >= 15 is 0 Å². The van der Waals surface area contributed by atoms with E-state index in [9.17, 15) is 9.59 Å². The second-order valence-electron chi connectivity index (χ2n) is 5.45. The van der Waals surface area contributed by atoms with Crippen molar-refractivity contribution in [2.75, 3.05) is 5.32 Å². The molecule has 0 bridgehead atoms. The van der Waals surface area contributed by atoms with Gasteiger partial charge in [-0.15, -0.1) is 0 Å². The molecule has 1 fully saturated rings. The van der Waals surface area contributed by atoms with Gasteiger partial charge in [0.2, 0.25) is 0 Å². The van der Waals surface area contributed by atoms with Crippen molar-refractivity contribution in [1.82, 2.24) is 4.90 Å². The van der Waals surface area contributed by atoms with Crippen LogP contribution in [0.2, 0.25) is 0 Å². The van der Waals surface area contributed by atoms with Crippen LogP contribution < -0.4 is 5.32 Å². The van der Waals surface area contributed by atoms with Crippen LogP contribution in [-0.4, -0.2) is 22.8 Å². The van der Waals surface area contributed by atoms with E-state index in [2.05, 4.69) is 5.32 Å². The Bertz CT molecular complexity index is 592. The molecule has 2 amide bonds. The average Bonchev–Trinajstić information content (AvgIpc) is 2.73. The van der Waals surface area contributed by atoms with Crippen molar-refractivity contribution >= 4 is 29.1 Å². The molecule has 4 nitrogen and oxygen atoms in total. The van der Waals surface area contributed by atoms with Gasteiger partial charge in [0, 0.05) is 11.7 Å². The largest absolute Gasteiger partial charge is 0.350 e. The standard InChI is InChI=1S/C16H17ClN2O2/c17-13-14(18-11-7-3-1-4-8-11)16(21)19(15(13)20)12-9-5-2-6-10-12/h1,3-4,7-8,12,18H,2,5-6,9-10H2. The summed E-state index contributed by atoms with van der Waals surface area (Å²) in [4.78, 5) is 26.2. The zero-order valence-corrected chi connectivity index (χ0v) is 12.4. The van der Waals surface area contributed by atoms with Crippen molar-refractivity contribution < 1.29 is 9.59 Å². The van der Waals surface area contributed by atoms with Gasteiger partial charge in [-0.2, -0.15) is 0 Å². The SMILES string of the molecule is O=C1C(Cl)=C(Nc2ccccc2)C(=O)N1C1CCCCC1. The van der Waals surface area contributed by atoms with Crippen LogP contribution >= 0.6 is 11.6 Å². The molecule has 0 saturated heterocycles.